The smallest absolute Gasteiger partial charge is 0.393 e. The number of rotatable bonds is 46. The van der Waals surface area contributed by atoms with Crippen molar-refractivity contribution in [3.05, 3.63) is 60.8 Å². The molecule has 0 aromatic heterocycles. The summed E-state index contributed by atoms with van der Waals surface area (Å²) in [4.78, 5) is 23.6. The van der Waals surface area contributed by atoms with E-state index in [2.05, 4.69) is 67.8 Å². The van der Waals surface area contributed by atoms with Crippen molar-refractivity contribution in [2.45, 2.75) is 281 Å². The fraction of sp³-hybridized carbons (Fsp3) is 0.804. The summed E-state index contributed by atoms with van der Waals surface area (Å²) in [6, 6.07) is -1.27. The van der Waals surface area contributed by atoms with Gasteiger partial charge in [0.05, 0.1) is 31.3 Å². The van der Waals surface area contributed by atoms with Crippen LogP contribution in [0.2, 0.25) is 0 Å². The van der Waals surface area contributed by atoms with Crippen LogP contribution < -0.4 is 5.32 Å². The molecule has 8 unspecified atom stereocenters. The van der Waals surface area contributed by atoms with E-state index in [-0.39, 0.29) is 6.42 Å². The molecule has 1 amide bonds. The van der Waals surface area contributed by atoms with Gasteiger partial charge in [0.1, 0.15) is 36.6 Å². The Hall–Kier alpha value is -2.00. The zero-order chi connectivity index (χ0) is 51.5. The number of allylic oxidation sites excluding steroid dienone is 9. The van der Waals surface area contributed by atoms with Gasteiger partial charge in [-0.25, -0.2) is 4.57 Å². The number of phosphoric acid groups is 1. The summed E-state index contributed by atoms with van der Waals surface area (Å²) in [7, 11) is -5.17. The number of carbonyl (C=O) groups excluding carboxylic acids is 1. The highest BCUT2D eigenvalue weighted by atomic mass is 31.2. The Morgan fingerprint density at radius 1 is 0.514 bits per heavy atom. The van der Waals surface area contributed by atoms with Crippen LogP contribution in [0.5, 0.6) is 0 Å². The molecule has 0 saturated heterocycles. The lowest BCUT2D eigenvalue weighted by molar-refractivity contribution is -0.220. The van der Waals surface area contributed by atoms with Crippen molar-refractivity contribution in [3.63, 3.8) is 0 Å². The largest absolute Gasteiger partial charge is 0.472 e. The van der Waals surface area contributed by atoms with E-state index in [9.17, 15) is 50.0 Å². The third-order valence-corrected chi connectivity index (χ3v) is 14.0. The molecule has 8 atom stereocenters. The number of aliphatic hydroxyl groups excluding tert-OH is 7. The Morgan fingerprint density at radius 3 is 1.34 bits per heavy atom. The van der Waals surface area contributed by atoms with Gasteiger partial charge in [0, 0.05) is 0 Å². The normalized spacial score (nSPS) is 22.3. The number of phosphoric ester groups is 1. The van der Waals surface area contributed by atoms with Gasteiger partial charge in [-0.1, -0.05) is 203 Å². The minimum absolute atomic E-state index is 0.267. The average molecular weight is 1010 g/mol. The maximum Gasteiger partial charge on any atom is 0.472 e. The lowest BCUT2D eigenvalue weighted by atomic mass is 9.85. The maximum atomic E-state index is 13.1. The Labute approximate surface area is 424 Å². The fourth-order valence-corrected chi connectivity index (χ4v) is 9.51. The van der Waals surface area contributed by atoms with E-state index in [0.717, 1.165) is 70.6 Å². The Bertz CT molecular complexity index is 1420. The van der Waals surface area contributed by atoms with Gasteiger partial charge in [-0.3, -0.25) is 13.8 Å². The number of amides is 1. The predicted molar refractivity (Wildman–Crippen MR) is 284 cm³/mol. The van der Waals surface area contributed by atoms with E-state index in [4.69, 9.17) is 9.05 Å². The first-order chi connectivity index (χ1) is 33.8. The van der Waals surface area contributed by atoms with E-state index in [0.29, 0.717) is 19.3 Å². The number of hydrogen-bond donors (Lipinski definition) is 9. The minimum atomic E-state index is -5.17. The Balaban J connectivity index is 2.49. The highest BCUT2D eigenvalue weighted by Crippen LogP contribution is 2.47. The van der Waals surface area contributed by atoms with Crippen LogP contribution in [0.1, 0.15) is 226 Å². The highest BCUT2D eigenvalue weighted by molar-refractivity contribution is 7.47. The molecule has 1 saturated carbocycles. The van der Waals surface area contributed by atoms with Crippen molar-refractivity contribution >= 4 is 13.7 Å². The lowest BCUT2D eigenvalue weighted by Crippen LogP contribution is -2.64. The van der Waals surface area contributed by atoms with Gasteiger partial charge in [0.25, 0.3) is 0 Å². The molecule has 0 bridgehead atoms. The van der Waals surface area contributed by atoms with Gasteiger partial charge in [0.2, 0.25) is 5.91 Å². The molecule has 0 aliphatic heterocycles. The summed E-state index contributed by atoms with van der Waals surface area (Å²) >= 11 is 0. The number of unbranched alkanes of at least 4 members (excludes halogenated alkanes) is 25. The van der Waals surface area contributed by atoms with Gasteiger partial charge in [0.15, 0.2) is 0 Å². The summed E-state index contributed by atoms with van der Waals surface area (Å²) in [6.45, 7) is 3.75. The van der Waals surface area contributed by atoms with Crippen molar-refractivity contribution in [1.29, 1.82) is 0 Å². The molecule has 0 heterocycles. The van der Waals surface area contributed by atoms with E-state index in [1.165, 1.54) is 122 Å². The molecule has 13 nitrogen and oxygen atoms in total. The van der Waals surface area contributed by atoms with Crippen LogP contribution >= 0.6 is 7.82 Å². The maximum absolute atomic E-state index is 13.1. The van der Waals surface area contributed by atoms with E-state index >= 15 is 0 Å². The third-order valence-electron chi connectivity index (χ3n) is 13.1. The number of hydrogen-bond acceptors (Lipinski definition) is 11. The molecule has 1 rings (SSSR count). The topological polar surface area (TPSA) is 226 Å². The zero-order valence-electron chi connectivity index (χ0n) is 43.7. The van der Waals surface area contributed by atoms with Gasteiger partial charge >= 0.3 is 7.82 Å². The molecule has 0 radical (unpaired) electrons. The van der Waals surface area contributed by atoms with Crippen molar-refractivity contribution in [2.24, 2.45) is 0 Å². The molecule has 0 spiro atoms. The summed E-state index contributed by atoms with van der Waals surface area (Å²) in [6.07, 6.45) is 43.0. The van der Waals surface area contributed by atoms with Crippen LogP contribution in [0.15, 0.2) is 60.8 Å². The Morgan fingerprint density at radius 2 is 0.886 bits per heavy atom. The molecule has 0 aromatic rings. The minimum Gasteiger partial charge on any atom is -0.393 e. The molecule has 70 heavy (non-hydrogen) atoms. The summed E-state index contributed by atoms with van der Waals surface area (Å²) in [5, 5.41) is 74.8. The van der Waals surface area contributed by atoms with E-state index in [1.54, 1.807) is 6.08 Å². The molecule has 0 aromatic carbocycles. The van der Waals surface area contributed by atoms with E-state index < -0.39 is 75.2 Å². The summed E-state index contributed by atoms with van der Waals surface area (Å²) < 4.78 is 23.0. The van der Waals surface area contributed by atoms with Crippen LogP contribution in [0, 0.1) is 0 Å². The van der Waals surface area contributed by atoms with Crippen molar-refractivity contribution in [1.82, 2.24) is 5.32 Å². The van der Waals surface area contributed by atoms with Gasteiger partial charge in [-0.15, -0.1) is 0 Å². The lowest BCUT2D eigenvalue weighted by Gasteiger charge is -2.41. The molecule has 9 N–H and O–H groups in total. The van der Waals surface area contributed by atoms with Crippen molar-refractivity contribution in [3.8, 4) is 0 Å². The van der Waals surface area contributed by atoms with Gasteiger partial charge in [-0.2, -0.15) is 0 Å². The van der Waals surface area contributed by atoms with E-state index in [1.807, 2.05) is 0 Å². The molecule has 1 fully saturated rings. The monoisotopic (exact) mass is 1010 g/mol. The number of aliphatic hydroxyl groups is 7. The van der Waals surface area contributed by atoms with Gasteiger partial charge < -0.3 is 46.0 Å². The quantitative estimate of drug-likeness (QED) is 0.0158. The molecule has 408 valence electrons. The van der Waals surface area contributed by atoms with Crippen LogP contribution in [0.3, 0.4) is 0 Å². The van der Waals surface area contributed by atoms with Crippen LogP contribution in [-0.4, -0.2) is 108 Å². The summed E-state index contributed by atoms with van der Waals surface area (Å²) in [5.74, 6) is -0.615. The molecular weight excluding hydrogens is 910 g/mol. The molecule has 14 heteroatoms. The SMILES string of the molecule is CCCCCCCCCCC/C=C\C/C=C\CCCCCCCC(O)CC(=O)NC(COP(=O)(O)OC1C(O)C(O)C(O)C(O)C1O)C(O)/C=C/CC/C=C/CC/C=C/CCCCCCCCCCC. The predicted octanol–water partition coefficient (Wildman–Crippen LogP) is 11.2. The fourth-order valence-electron chi connectivity index (χ4n) is 8.54. The van der Waals surface area contributed by atoms with Crippen LogP contribution in [0.25, 0.3) is 0 Å². The molecule has 1 aliphatic carbocycles. The zero-order valence-corrected chi connectivity index (χ0v) is 44.6. The van der Waals surface area contributed by atoms with Gasteiger partial charge in [-0.05, 0) is 77.0 Å². The number of nitrogens with one attached hydrogen (secondary N) is 1. The van der Waals surface area contributed by atoms with Crippen LogP contribution in [-0.2, 0) is 18.4 Å². The average Bonchev–Trinajstić information content (AvgIpc) is 3.34. The highest BCUT2D eigenvalue weighted by Gasteiger charge is 2.51. The standard InChI is InChI=1S/C56H102NO12P/c1-3-5-7-9-11-13-15-17-19-21-23-24-26-27-29-31-33-35-37-39-41-43-47(58)45-50(60)57-48(46-68-70(66,67)69-56-54(64)52(62)51(61)53(63)55(56)65)49(59)44-42-40-38-36-34-32-30-28-25-22-20-18-16-14-12-10-8-6-4-2/h23-25,27-29,34,36,42,44,47-49,51-56,58-59,61-65H,3-22,26,30-33,35,37-41,43,45-46H2,1-2H3,(H,57,60)(H,66,67)/b24-23-,28-25+,29-27-,36-34+,44-42+. The van der Waals surface area contributed by atoms with Crippen molar-refractivity contribution < 1.29 is 59.0 Å². The summed E-state index contributed by atoms with van der Waals surface area (Å²) in [5.41, 5.74) is 0. The molecule has 1 aliphatic rings. The van der Waals surface area contributed by atoms with Crippen molar-refractivity contribution in [2.75, 3.05) is 6.61 Å². The van der Waals surface area contributed by atoms with Crippen LogP contribution in [0.4, 0.5) is 0 Å². The second-order valence-corrected chi connectivity index (χ2v) is 21.0. The first-order valence-electron chi connectivity index (χ1n) is 27.8. The Kier molecular flexibility index (Phi) is 42.0. The number of carbonyl (C=O) groups is 1. The third kappa shape index (κ3) is 35.2. The first kappa shape index (κ1) is 66.0. The second-order valence-electron chi connectivity index (χ2n) is 19.6. The second kappa shape index (κ2) is 44.5. The first-order valence-corrected chi connectivity index (χ1v) is 29.3. The molecular formula is C56H102NO12P.